The van der Waals surface area contributed by atoms with Crippen molar-refractivity contribution in [3.63, 3.8) is 0 Å². The summed E-state index contributed by atoms with van der Waals surface area (Å²) in [6.07, 6.45) is 4.26. The first kappa shape index (κ1) is 12.7. The second-order valence-electron chi connectivity index (χ2n) is 5.32. The molecular formula is C14H24N2O. The number of rotatable bonds is 6. The molecule has 1 aromatic rings. The molecule has 0 aliphatic heterocycles. The van der Waals surface area contributed by atoms with Crippen LogP contribution in [0.15, 0.2) is 10.5 Å². The lowest BCUT2D eigenvalue weighted by Crippen LogP contribution is -2.29. The van der Waals surface area contributed by atoms with Crippen LogP contribution in [0.5, 0.6) is 0 Å². The maximum atomic E-state index is 5.71. The predicted octanol–water partition coefficient (Wildman–Crippen LogP) is 2.54. The summed E-state index contributed by atoms with van der Waals surface area (Å²) in [7, 11) is 4.16. The van der Waals surface area contributed by atoms with Crippen molar-refractivity contribution < 1.29 is 4.42 Å². The minimum atomic E-state index is 0.813. The van der Waals surface area contributed by atoms with Crippen LogP contribution < -0.4 is 5.32 Å². The van der Waals surface area contributed by atoms with Crippen molar-refractivity contribution in [3.8, 4) is 0 Å². The molecule has 1 aliphatic carbocycles. The van der Waals surface area contributed by atoms with E-state index < -0.39 is 0 Å². The Balaban J connectivity index is 1.87. The summed E-state index contributed by atoms with van der Waals surface area (Å²) < 4.78 is 5.71. The molecule has 1 heterocycles. The summed E-state index contributed by atoms with van der Waals surface area (Å²) in [6.45, 7) is 5.11. The van der Waals surface area contributed by atoms with E-state index in [1.165, 1.54) is 31.4 Å². The van der Waals surface area contributed by atoms with Gasteiger partial charge in [-0.2, -0.15) is 0 Å². The zero-order valence-electron chi connectivity index (χ0n) is 11.3. The second-order valence-corrected chi connectivity index (χ2v) is 5.32. The van der Waals surface area contributed by atoms with Crippen LogP contribution in [0.2, 0.25) is 0 Å². The number of aryl methyl sites for hydroxylation is 1. The van der Waals surface area contributed by atoms with Crippen molar-refractivity contribution in [2.45, 2.75) is 39.3 Å². The maximum absolute atomic E-state index is 5.71. The Kier molecular flexibility index (Phi) is 4.24. The van der Waals surface area contributed by atoms with Gasteiger partial charge in [-0.3, -0.25) is 0 Å². The molecule has 0 saturated heterocycles. The summed E-state index contributed by atoms with van der Waals surface area (Å²) in [5.41, 5.74) is 1.33. The fourth-order valence-electron chi connectivity index (χ4n) is 2.48. The fourth-order valence-corrected chi connectivity index (χ4v) is 2.48. The van der Waals surface area contributed by atoms with Crippen LogP contribution in [0.1, 0.15) is 36.3 Å². The highest BCUT2D eigenvalue weighted by Gasteiger charge is 2.19. The molecule has 17 heavy (non-hydrogen) atoms. The molecule has 1 aromatic heterocycles. The molecule has 1 saturated carbocycles. The minimum absolute atomic E-state index is 0.813. The lowest BCUT2D eigenvalue weighted by molar-refractivity contribution is 0.200. The molecule has 1 aliphatic rings. The average molecular weight is 236 g/mol. The van der Waals surface area contributed by atoms with Gasteiger partial charge < -0.3 is 14.6 Å². The lowest BCUT2D eigenvalue weighted by Gasteiger charge is -2.30. The van der Waals surface area contributed by atoms with E-state index in [2.05, 4.69) is 30.3 Å². The molecule has 1 fully saturated rings. The normalized spacial score (nSPS) is 16.5. The first-order valence-electron chi connectivity index (χ1n) is 6.60. The Morgan fingerprint density at radius 1 is 1.47 bits per heavy atom. The number of nitrogens with zero attached hydrogens (tertiary/aromatic N) is 1. The van der Waals surface area contributed by atoms with Gasteiger partial charge in [0, 0.05) is 18.7 Å². The highest BCUT2D eigenvalue weighted by atomic mass is 16.3. The topological polar surface area (TPSA) is 28.4 Å². The summed E-state index contributed by atoms with van der Waals surface area (Å²) in [5, 5.41) is 3.12. The molecule has 0 unspecified atom stereocenters. The van der Waals surface area contributed by atoms with Crippen molar-refractivity contribution in [3.05, 3.63) is 23.2 Å². The highest BCUT2D eigenvalue weighted by Crippen LogP contribution is 2.27. The number of nitrogens with one attached hydrogen (secondary N) is 1. The lowest BCUT2D eigenvalue weighted by atomic mass is 9.85. The van der Waals surface area contributed by atoms with Gasteiger partial charge in [-0.15, -0.1) is 0 Å². The molecule has 0 amide bonds. The first-order valence-corrected chi connectivity index (χ1v) is 6.60. The van der Waals surface area contributed by atoms with E-state index in [4.69, 9.17) is 4.42 Å². The van der Waals surface area contributed by atoms with E-state index >= 15 is 0 Å². The first-order chi connectivity index (χ1) is 8.19. The van der Waals surface area contributed by atoms with Gasteiger partial charge in [0.2, 0.25) is 0 Å². The van der Waals surface area contributed by atoms with Gasteiger partial charge >= 0.3 is 0 Å². The van der Waals surface area contributed by atoms with E-state index in [0.29, 0.717) is 0 Å². The maximum Gasteiger partial charge on any atom is 0.118 e. The summed E-state index contributed by atoms with van der Waals surface area (Å²) in [5.74, 6) is 3.04. The van der Waals surface area contributed by atoms with Crippen molar-refractivity contribution in [2.24, 2.45) is 5.92 Å². The monoisotopic (exact) mass is 236 g/mol. The Labute approximate surface area is 104 Å². The van der Waals surface area contributed by atoms with Gasteiger partial charge in [-0.05, 0) is 45.8 Å². The Morgan fingerprint density at radius 2 is 2.24 bits per heavy atom. The SMILES string of the molecule is CNCc1cc(CN(C)CC2CCC2)c(C)o1. The van der Waals surface area contributed by atoms with Gasteiger partial charge in [0.25, 0.3) is 0 Å². The standard InChI is InChI=1S/C14H24N2O/c1-11-13(7-14(17-11)8-15-2)10-16(3)9-12-5-4-6-12/h7,12,15H,4-6,8-10H2,1-3H3. The van der Waals surface area contributed by atoms with E-state index in [1.807, 2.05) is 7.05 Å². The van der Waals surface area contributed by atoms with Crippen LogP contribution in [0.4, 0.5) is 0 Å². The fraction of sp³-hybridized carbons (Fsp3) is 0.714. The Bertz CT molecular complexity index is 355. The molecule has 0 radical (unpaired) electrons. The van der Waals surface area contributed by atoms with Gasteiger partial charge in [0.15, 0.2) is 0 Å². The van der Waals surface area contributed by atoms with Crippen molar-refractivity contribution in [1.29, 1.82) is 0 Å². The average Bonchev–Trinajstić information content (AvgIpc) is 2.54. The Hall–Kier alpha value is -0.800. The van der Waals surface area contributed by atoms with Crippen molar-refractivity contribution >= 4 is 0 Å². The molecule has 96 valence electrons. The zero-order chi connectivity index (χ0) is 12.3. The van der Waals surface area contributed by atoms with E-state index in [9.17, 15) is 0 Å². The van der Waals surface area contributed by atoms with Crippen LogP contribution in [0.3, 0.4) is 0 Å². The summed E-state index contributed by atoms with van der Waals surface area (Å²) in [4.78, 5) is 2.42. The van der Waals surface area contributed by atoms with Crippen LogP contribution in [-0.4, -0.2) is 25.5 Å². The van der Waals surface area contributed by atoms with Crippen LogP contribution in [-0.2, 0) is 13.1 Å². The second kappa shape index (κ2) is 5.69. The molecule has 0 spiro atoms. The third kappa shape index (κ3) is 3.33. The Morgan fingerprint density at radius 3 is 2.82 bits per heavy atom. The van der Waals surface area contributed by atoms with Crippen molar-refractivity contribution in [1.82, 2.24) is 10.2 Å². The zero-order valence-corrected chi connectivity index (χ0v) is 11.3. The van der Waals surface area contributed by atoms with Gasteiger partial charge in [-0.1, -0.05) is 6.42 Å². The summed E-state index contributed by atoms with van der Waals surface area (Å²) >= 11 is 0. The summed E-state index contributed by atoms with van der Waals surface area (Å²) in [6, 6.07) is 2.18. The minimum Gasteiger partial charge on any atom is -0.465 e. The number of hydrogen-bond donors (Lipinski definition) is 1. The van der Waals surface area contributed by atoms with E-state index in [1.54, 1.807) is 0 Å². The molecular weight excluding hydrogens is 212 g/mol. The molecule has 0 bridgehead atoms. The highest BCUT2D eigenvalue weighted by molar-refractivity contribution is 5.20. The largest absolute Gasteiger partial charge is 0.465 e. The van der Waals surface area contributed by atoms with Gasteiger partial charge in [0.1, 0.15) is 11.5 Å². The predicted molar refractivity (Wildman–Crippen MR) is 69.9 cm³/mol. The molecule has 3 heteroatoms. The smallest absolute Gasteiger partial charge is 0.118 e. The van der Waals surface area contributed by atoms with E-state index in [-0.39, 0.29) is 0 Å². The molecule has 2 rings (SSSR count). The molecule has 0 aromatic carbocycles. The molecule has 0 atom stereocenters. The molecule has 1 N–H and O–H groups in total. The van der Waals surface area contributed by atoms with Crippen LogP contribution >= 0.6 is 0 Å². The van der Waals surface area contributed by atoms with E-state index in [0.717, 1.165) is 30.5 Å². The third-order valence-electron chi connectivity index (χ3n) is 3.66. The van der Waals surface area contributed by atoms with Gasteiger partial charge in [0.05, 0.1) is 6.54 Å². The quantitative estimate of drug-likeness (QED) is 0.823. The third-order valence-corrected chi connectivity index (χ3v) is 3.66. The van der Waals surface area contributed by atoms with Gasteiger partial charge in [-0.25, -0.2) is 0 Å². The molecule has 3 nitrogen and oxygen atoms in total. The number of hydrogen-bond acceptors (Lipinski definition) is 3. The van der Waals surface area contributed by atoms with Crippen molar-refractivity contribution in [2.75, 3.05) is 20.6 Å². The van der Waals surface area contributed by atoms with Crippen LogP contribution in [0, 0.1) is 12.8 Å². The van der Waals surface area contributed by atoms with Crippen LogP contribution in [0.25, 0.3) is 0 Å². The number of furan rings is 1.